The van der Waals surface area contributed by atoms with Crippen LogP contribution in [-0.2, 0) is 30.2 Å². The predicted molar refractivity (Wildman–Crippen MR) is 183 cm³/mol. The molecule has 2 aliphatic heterocycles. The number of aliphatic hydroxyl groups is 3. The van der Waals surface area contributed by atoms with E-state index in [4.69, 9.17) is 37.9 Å². The zero-order valence-corrected chi connectivity index (χ0v) is 29.1. The largest absolute Gasteiger partial charge is 0.508 e. The molecule has 0 aromatic heterocycles. The monoisotopic (exact) mass is 728 g/mol. The normalized spacial score (nSPS) is 25.9. The SMILES string of the molecule is COc1cc(C[C@H]2CO[C@H](c3cc(OC)c(O)c(OC)c3)[C@H]2CO[C@@H]2O[C@H](COC(=O)C=Cc3ccc(O)cc3)[C@@H](O)[C@H](O)[C@H]2O)cc(OC)c1O. The molecule has 0 bridgehead atoms. The number of phenolic OH excluding ortho intramolecular Hbond substituents is 3. The van der Waals surface area contributed by atoms with E-state index >= 15 is 0 Å². The second-order valence-electron chi connectivity index (χ2n) is 12.4. The number of hydrogen-bond acceptors (Lipinski definition) is 15. The molecule has 8 atom stereocenters. The molecule has 0 aliphatic carbocycles. The van der Waals surface area contributed by atoms with E-state index < -0.39 is 55.3 Å². The van der Waals surface area contributed by atoms with Gasteiger partial charge in [0, 0.05) is 12.0 Å². The van der Waals surface area contributed by atoms with Crippen LogP contribution in [0.3, 0.4) is 0 Å². The van der Waals surface area contributed by atoms with E-state index in [0.29, 0.717) is 17.5 Å². The van der Waals surface area contributed by atoms with Crippen LogP contribution in [0.4, 0.5) is 0 Å². The minimum atomic E-state index is -1.69. The van der Waals surface area contributed by atoms with Crippen LogP contribution >= 0.6 is 0 Å². The maximum absolute atomic E-state index is 12.4. The van der Waals surface area contributed by atoms with Crippen LogP contribution in [0, 0.1) is 11.8 Å². The molecular formula is C37H44O15. The molecule has 2 heterocycles. The van der Waals surface area contributed by atoms with Gasteiger partial charge >= 0.3 is 5.97 Å². The maximum Gasteiger partial charge on any atom is 0.330 e. The summed E-state index contributed by atoms with van der Waals surface area (Å²) >= 11 is 0. The molecular weight excluding hydrogens is 684 g/mol. The molecule has 3 aromatic rings. The van der Waals surface area contributed by atoms with Crippen molar-refractivity contribution in [2.75, 3.05) is 48.3 Å². The summed E-state index contributed by atoms with van der Waals surface area (Å²) in [6.07, 6.45) is -5.22. The van der Waals surface area contributed by atoms with E-state index in [1.807, 2.05) is 0 Å². The zero-order chi connectivity index (χ0) is 37.5. The summed E-state index contributed by atoms with van der Waals surface area (Å²) in [5.41, 5.74) is 2.01. The highest BCUT2D eigenvalue weighted by atomic mass is 16.7. The van der Waals surface area contributed by atoms with Gasteiger partial charge in [0.15, 0.2) is 29.3 Å². The summed E-state index contributed by atoms with van der Waals surface area (Å²) < 4.78 is 44.9. The van der Waals surface area contributed by atoms with Crippen molar-refractivity contribution < 1.29 is 73.3 Å². The maximum atomic E-state index is 12.4. The van der Waals surface area contributed by atoms with Crippen molar-refractivity contribution in [1.82, 2.24) is 0 Å². The van der Waals surface area contributed by atoms with Gasteiger partial charge in [-0.1, -0.05) is 12.1 Å². The highest BCUT2D eigenvalue weighted by Crippen LogP contribution is 2.47. The fourth-order valence-electron chi connectivity index (χ4n) is 6.31. The first-order valence-electron chi connectivity index (χ1n) is 16.4. The Balaban J connectivity index is 1.34. The minimum absolute atomic E-state index is 0.0756. The Hall–Kier alpha value is -4.77. The van der Waals surface area contributed by atoms with E-state index in [2.05, 4.69) is 0 Å². The third-order valence-corrected chi connectivity index (χ3v) is 9.17. The lowest BCUT2D eigenvalue weighted by Gasteiger charge is -2.40. The van der Waals surface area contributed by atoms with Gasteiger partial charge in [0.25, 0.3) is 0 Å². The van der Waals surface area contributed by atoms with Crippen molar-refractivity contribution in [3.8, 4) is 40.2 Å². The van der Waals surface area contributed by atoms with Crippen molar-refractivity contribution in [2.24, 2.45) is 11.8 Å². The molecule has 0 radical (unpaired) electrons. The third kappa shape index (κ3) is 8.63. The number of carbonyl (C=O) groups excluding carboxylic acids is 1. The van der Waals surface area contributed by atoms with Gasteiger partial charge in [-0.3, -0.25) is 0 Å². The molecule has 0 amide bonds. The van der Waals surface area contributed by atoms with Crippen LogP contribution in [0.15, 0.2) is 54.6 Å². The third-order valence-electron chi connectivity index (χ3n) is 9.17. The Morgan fingerprint density at radius 1 is 0.788 bits per heavy atom. The van der Waals surface area contributed by atoms with Crippen molar-refractivity contribution >= 4 is 12.0 Å². The number of methoxy groups -OCH3 is 4. The highest BCUT2D eigenvalue weighted by molar-refractivity contribution is 5.87. The second-order valence-corrected chi connectivity index (χ2v) is 12.4. The first-order chi connectivity index (χ1) is 25.0. The Kier molecular flexibility index (Phi) is 12.7. The smallest absolute Gasteiger partial charge is 0.330 e. The molecule has 6 N–H and O–H groups in total. The van der Waals surface area contributed by atoms with E-state index in [1.165, 1.54) is 46.6 Å². The lowest BCUT2D eigenvalue weighted by atomic mass is 9.84. The highest BCUT2D eigenvalue weighted by Gasteiger charge is 2.46. The molecule has 15 nitrogen and oxygen atoms in total. The molecule has 282 valence electrons. The van der Waals surface area contributed by atoms with Gasteiger partial charge in [0.1, 0.15) is 36.8 Å². The number of ether oxygens (including phenoxy) is 8. The number of carbonyl (C=O) groups is 1. The van der Waals surface area contributed by atoms with Crippen molar-refractivity contribution in [1.29, 1.82) is 0 Å². The fourth-order valence-corrected chi connectivity index (χ4v) is 6.31. The average Bonchev–Trinajstić information content (AvgIpc) is 3.55. The molecule has 2 saturated heterocycles. The summed E-state index contributed by atoms with van der Waals surface area (Å²) in [6.45, 7) is -0.292. The standard InChI is InChI=1S/C37H44O15/c1-45-25-12-20(13-26(46-2)31(25)40)11-22-16-50-36(21-14-27(47-3)32(41)28(15-21)48-4)24(22)17-51-37-35(44)34(43)33(42)29(52-37)18-49-30(39)10-7-19-5-8-23(38)9-6-19/h5-10,12-15,22,24,29,33-38,40-44H,11,16-18H2,1-4H3/t22-,24-,29+,33+,34-,35+,36+,37+/m0/s1. The average molecular weight is 729 g/mol. The number of hydrogen-bond donors (Lipinski definition) is 6. The van der Waals surface area contributed by atoms with Gasteiger partial charge in [-0.2, -0.15) is 0 Å². The first-order valence-corrected chi connectivity index (χ1v) is 16.4. The lowest BCUT2D eigenvalue weighted by Crippen LogP contribution is -2.59. The van der Waals surface area contributed by atoms with Gasteiger partial charge in [0.05, 0.1) is 47.8 Å². The summed E-state index contributed by atoms with van der Waals surface area (Å²) in [7, 11) is 5.67. The van der Waals surface area contributed by atoms with Gasteiger partial charge in [-0.25, -0.2) is 4.79 Å². The number of aliphatic hydroxyl groups excluding tert-OH is 3. The predicted octanol–water partition coefficient (Wildman–Crippen LogP) is 2.47. The lowest BCUT2D eigenvalue weighted by molar-refractivity contribution is -0.304. The number of phenols is 3. The number of rotatable bonds is 14. The molecule has 5 rings (SSSR count). The number of benzene rings is 3. The molecule has 2 fully saturated rings. The van der Waals surface area contributed by atoms with E-state index in [0.717, 1.165) is 11.6 Å². The molecule has 0 unspecified atom stereocenters. The van der Waals surface area contributed by atoms with Gasteiger partial charge in [0.2, 0.25) is 11.5 Å². The van der Waals surface area contributed by atoms with Crippen LogP contribution in [0.25, 0.3) is 6.08 Å². The summed E-state index contributed by atoms with van der Waals surface area (Å²) in [5, 5.41) is 62.6. The van der Waals surface area contributed by atoms with Crippen LogP contribution in [0.2, 0.25) is 0 Å². The summed E-state index contributed by atoms with van der Waals surface area (Å²) in [5.74, 6) is -0.916. The minimum Gasteiger partial charge on any atom is -0.508 e. The molecule has 0 spiro atoms. The van der Waals surface area contributed by atoms with E-state index in [1.54, 1.807) is 36.4 Å². The number of aromatic hydroxyl groups is 3. The summed E-state index contributed by atoms with van der Waals surface area (Å²) in [6, 6.07) is 12.8. The van der Waals surface area contributed by atoms with Gasteiger partial charge in [-0.15, -0.1) is 0 Å². The van der Waals surface area contributed by atoms with Crippen LogP contribution in [-0.4, -0.2) is 116 Å². The molecule has 2 aliphatic rings. The topological polar surface area (TPSA) is 212 Å². The summed E-state index contributed by atoms with van der Waals surface area (Å²) in [4.78, 5) is 12.4. The first kappa shape index (κ1) is 38.5. The Labute approximate surface area is 300 Å². The van der Waals surface area contributed by atoms with Crippen LogP contribution in [0.1, 0.15) is 22.8 Å². The van der Waals surface area contributed by atoms with Crippen LogP contribution in [0.5, 0.6) is 40.2 Å². The molecule has 0 saturated carbocycles. The molecule has 3 aromatic carbocycles. The Bertz CT molecular complexity index is 1640. The number of esters is 1. The van der Waals surface area contributed by atoms with E-state index in [9.17, 15) is 35.4 Å². The van der Waals surface area contributed by atoms with Gasteiger partial charge in [-0.05, 0) is 71.5 Å². The molecule has 15 heteroatoms. The van der Waals surface area contributed by atoms with Crippen molar-refractivity contribution in [3.63, 3.8) is 0 Å². The second kappa shape index (κ2) is 17.2. The van der Waals surface area contributed by atoms with Crippen molar-refractivity contribution in [3.05, 3.63) is 71.3 Å². The Morgan fingerprint density at radius 3 is 1.94 bits per heavy atom. The van der Waals surface area contributed by atoms with Crippen molar-refractivity contribution in [2.45, 2.75) is 43.2 Å². The zero-order valence-electron chi connectivity index (χ0n) is 29.1. The molecule has 52 heavy (non-hydrogen) atoms. The Morgan fingerprint density at radius 2 is 1.37 bits per heavy atom. The van der Waals surface area contributed by atoms with Crippen LogP contribution < -0.4 is 18.9 Å². The quantitative estimate of drug-likeness (QED) is 0.104. The fraction of sp³-hybridized carbons (Fsp3) is 0.432. The van der Waals surface area contributed by atoms with E-state index in [-0.39, 0.29) is 59.4 Å². The van der Waals surface area contributed by atoms with Gasteiger partial charge < -0.3 is 68.5 Å².